The normalized spacial score (nSPS) is 27.2. The van der Waals surface area contributed by atoms with Crippen LogP contribution in [0.2, 0.25) is 0 Å². The summed E-state index contributed by atoms with van der Waals surface area (Å²) in [4.78, 5) is 3.60. The molecule has 0 amide bonds. The molecule has 1 aromatic rings. The Labute approximate surface area is 132 Å². The van der Waals surface area contributed by atoms with Gasteiger partial charge in [0.15, 0.2) is 0 Å². The Morgan fingerprint density at radius 3 is 2.57 bits per heavy atom. The van der Waals surface area contributed by atoms with Gasteiger partial charge in [-0.1, -0.05) is 43.3 Å². The average Bonchev–Trinajstić information content (AvgIpc) is 2.56. The maximum absolute atomic E-state index is 5.73. The fraction of sp³-hybridized carbons (Fsp3) is 0.588. The van der Waals surface area contributed by atoms with Crippen molar-refractivity contribution >= 4 is 22.9 Å². The number of morpholine rings is 1. The van der Waals surface area contributed by atoms with Crippen LogP contribution in [-0.4, -0.2) is 42.2 Å². The van der Waals surface area contributed by atoms with Crippen LogP contribution >= 0.6 is 12.2 Å². The second-order valence-electron chi connectivity index (χ2n) is 5.96. The van der Waals surface area contributed by atoms with Gasteiger partial charge in [-0.25, -0.2) is 0 Å². The summed E-state index contributed by atoms with van der Waals surface area (Å²) in [6, 6.07) is 10.9. The third kappa shape index (κ3) is 3.82. The third-order valence-corrected chi connectivity index (χ3v) is 5.03. The van der Waals surface area contributed by atoms with Crippen molar-refractivity contribution < 1.29 is 4.74 Å². The van der Waals surface area contributed by atoms with Gasteiger partial charge < -0.3 is 10.1 Å². The molecule has 1 N–H and O–H groups in total. The van der Waals surface area contributed by atoms with Crippen LogP contribution in [0.4, 0.5) is 5.69 Å². The Balaban J connectivity index is 1.66. The van der Waals surface area contributed by atoms with Crippen LogP contribution in [-0.2, 0) is 4.74 Å². The molecule has 1 aliphatic heterocycles. The molecule has 0 spiro atoms. The van der Waals surface area contributed by atoms with E-state index in [2.05, 4.69) is 22.3 Å². The van der Waals surface area contributed by atoms with Crippen molar-refractivity contribution in [2.45, 2.75) is 31.7 Å². The zero-order valence-electron chi connectivity index (χ0n) is 12.5. The zero-order chi connectivity index (χ0) is 14.5. The Morgan fingerprint density at radius 2 is 1.81 bits per heavy atom. The fourth-order valence-corrected chi connectivity index (χ4v) is 3.91. The van der Waals surface area contributed by atoms with Crippen molar-refractivity contribution in [3.63, 3.8) is 0 Å². The highest BCUT2D eigenvalue weighted by Crippen LogP contribution is 2.30. The lowest BCUT2D eigenvalue weighted by Crippen LogP contribution is -2.50. The molecule has 0 aromatic heterocycles. The smallest absolute Gasteiger partial charge is 0.0844 e. The van der Waals surface area contributed by atoms with E-state index in [9.17, 15) is 0 Å². The minimum absolute atomic E-state index is 0.479. The Morgan fingerprint density at radius 1 is 1.10 bits per heavy atom. The highest BCUT2D eigenvalue weighted by atomic mass is 32.1. The predicted octanol–water partition coefficient (Wildman–Crippen LogP) is 3.32. The van der Waals surface area contributed by atoms with Crippen molar-refractivity contribution in [2.24, 2.45) is 5.92 Å². The molecule has 2 aliphatic rings. The second-order valence-corrected chi connectivity index (χ2v) is 6.40. The van der Waals surface area contributed by atoms with E-state index >= 15 is 0 Å². The molecule has 0 radical (unpaired) electrons. The standard InChI is InChI=1S/C17H24N2OS/c21-17(18-14-6-2-1-3-7-14)15-8-4-5-9-16(15)19-10-12-20-13-11-19/h1-3,6-7,15-16H,4-5,8-13H2,(H,18,21)/t15-,16-/m1/s1. The number of thiocarbonyl (C=S) groups is 1. The van der Waals surface area contributed by atoms with E-state index < -0.39 is 0 Å². The lowest BCUT2D eigenvalue weighted by molar-refractivity contribution is 0.00163. The van der Waals surface area contributed by atoms with E-state index in [0.717, 1.165) is 37.0 Å². The summed E-state index contributed by atoms with van der Waals surface area (Å²) < 4.78 is 5.49. The lowest BCUT2D eigenvalue weighted by atomic mass is 9.83. The van der Waals surface area contributed by atoms with Crippen LogP contribution in [0, 0.1) is 5.92 Å². The van der Waals surface area contributed by atoms with Crippen molar-refractivity contribution in [3.05, 3.63) is 30.3 Å². The molecular weight excluding hydrogens is 280 g/mol. The van der Waals surface area contributed by atoms with E-state index in [1.165, 1.54) is 25.7 Å². The molecule has 2 atom stereocenters. The monoisotopic (exact) mass is 304 g/mol. The molecule has 2 fully saturated rings. The fourth-order valence-electron chi connectivity index (χ4n) is 3.52. The van der Waals surface area contributed by atoms with E-state index in [4.69, 9.17) is 17.0 Å². The van der Waals surface area contributed by atoms with Crippen LogP contribution in [0.5, 0.6) is 0 Å². The summed E-state index contributed by atoms with van der Waals surface area (Å²) >= 11 is 5.73. The van der Waals surface area contributed by atoms with Crippen molar-refractivity contribution in [1.82, 2.24) is 4.90 Å². The Kier molecular flexibility index (Phi) is 5.22. The van der Waals surface area contributed by atoms with E-state index in [0.29, 0.717) is 12.0 Å². The molecule has 1 saturated carbocycles. The summed E-state index contributed by atoms with van der Waals surface area (Å²) in [7, 11) is 0. The molecule has 114 valence electrons. The van der Waals surface area contributed by atoms with Gasteiger partial charge >= 0.3 is 0 Å². The first-order valence-corrected chi connectivity index (χ1v) is 8.43. The summed E-state index contributed by atoms with van der Waals surface area (Å²) in [5, 5.41) is 3.45. The van der Waals surface area contributed by atoms with Crippen LogP contribution in [0.15, 0.2) is 30.3 Å². The van der Waals surface area contributed by atoms with Crippen molar-refractivity contribution in [1.29, 1.82) is 0 Å². The van der Waals surface area contributed by atoms with Crippen LogP contribution in [0.1, 0.15) is 25.7 Å². The average molecular weight is 304 g/mol. The molecule has 3 nitrogen and oxygen atoms in total. The van der Waals surface area contributed by atoms with E-state index in [1.807, 2.05) is 18.2 Å². The molecule has 0 bridgehead atoms. The minimum Gasteiger partial charge on any atom is -0.379 e. The summed E-state index contributed by atoms with van der Waals surface area (Å²) in [5.41, 5.74) is 1.11. The molecule has 1 aliphatic carbocycles. The van der Waals surface area contributed by atoms with Gasteiger partial charge in [-0.2, -0.15) is 0 Å². The second kappa shape index (κ2) is 7.34. The molecule has 0 unspecified atom stereocenters. The van der Waals surface area contributed by atoms with Gasteiger partial charge in [-0.15, -0.1) is 0 Å². The number of benzene rings is 1. The third-order valence-electron chi connectivity index (χ3n) is 4.62. The van der Waals surface area contributed by atoms with Gasteiger partial charge in [-0.05, 0) is 25.0 Å². The van der Waals surface area contributed by atoms with Gasteiger partial charge in [0.25, 0.3) is 0 Å². The molecule has 1 heterocycles. The first kappa shape index (κ1) is 14.9. The lowest BCUT2D eigenvalue weighted by Gasteiger charge is -2.42. The number of nitrogens with zero attached hydrogens (tertiary/aromatic N) is 1. The van der Waals surface area contributed by atoms with E-state index in [-0.39, 0.29) is 0 Å². The van der Waals surface area contributed by atoms with Gasteiger partial charge in [0.05, 0.1) is 18.2 Å². The molecule has 1 aromatic carbocycles. The number of hydrogen-bond acceptors (Lipinski definition) is 3. The molecule has 1 saturated heterocycles. The van der Waals surface area contributed by atoms with Gasteiger partial charge in [0.2, 0.25) is 0 Å². The SMILES string of the molecule is S=C(Nc1ccccc1)[C@@H]1CCCC[C@H]1N1CCOCC1. The number of hydrogen-bond donors (Lipinski definition) is 1. The topological polar surface area (TPSA) is 24.5 Å². The summed E-state index contributed by atoms with van der Waals surface area (Å²) in [6.07, 6.45) is 5.09. The van der Waals surface area contributed by atoms with Gasteiger partial charge in [0.1, 0.15) is 0 Å². The summed E-state index contributed by atoms with van der Waals surface area (Å²) in [6.45, 7) is 3.83. The zero-order valence-corrected chi connectivity index (χ0v) is 13.3. The first-order chi connectivity index (χ1) is 10.3. The Hall–Kier alpha value is -0.970. The minimum atomic E-state index is 0.479. The van der Waals surface area contributed by atoms with E-state index in [1.54, 1.807) is 0 Å². The number of ether oxygens (including phenoxy) is 1. The molecule has 4 heteroatoms. The summed E-state index contributed by atoms with van der Waals surface area (Å²) in [5.74, 6) is 0.479. The maximum Gasteiger partial charge on any atom is 0.0844 e. The maximum atomic E-state index is 5.73. The van der Waals surface area contributed by atoms with Crippen LogP contribution in [0.25, 0.3) is 0 Å². The first-order valence-electron chi connectivity index (χ1n) is 8.02. The number of para-hydroxylation sites is 1. The quantitative estimate of drug-likeness (QED) is 0.866. The number of rotatable bonds is 3. The van der Waals surface area contributed by atoms with Gasteiger partial charge in [-0.3, -0.25) is 4.90 Å². The predicted molar refractivity (Wildman–Crippen MR) is 90.8 cm³/mol. The molecular formula is C17H24N2OS. The highest BCUT2D eigenvalue weighted by Gasteiger charge is 2.33. The molecule has 21 heavy (non-hydrogen) atoms. The van der Waals surface area contributed by atoms with Crippen molar-refractivity contribution in [3.8, 4) is 0 Å². The van der Waals surface area contributed by atoms with Gasteiger partial charge in [0, 0.05) is 30.7 Å². The van der Waals surface area contributed by atoms with Crippen LogP contribution < -0.4 is 5.32 Å². The highest BCUT2D eigenvalue weighted by molar-refractivity contribution is 7.80. The molecule has 3 rings (SSSR count). The Bertz CT molecular complexity index is 459. The number of anilines is 1. The van der Waals surface area contributed by atoms with Crippen LogP contribution in [0.3, 0.4) is 0 Å². The van der Waals surface area contributed by atoms with Crippen molar-refractivity contribution in [2.75, 3.05) is 31.6 Å². The largest absolute Gasteiger partial charge is 0.379 e. The number of nitrogens with one attached hydrogen (secondary N) is 1.